The van der Waals surface area contributed by atoms with Crippen molar-refractivity contribution in [2.45, 2.75) is 40.7 Å². The van der Waals surface area contributed by atoms with Crippen molar-refractivity contribution in [3.8, 4) is 5.69 Å². The smallest absolute Gasteiger partial charge is 0.338 e. The van der Waals surface area contributed by atoms with Crippen molar-refractivity contribution < 1.29 is 9.53 Å². The van der Waals surface area contributed by atoms with Gasteiger partial charge in [-0.2, -0.15) is 0 Å². The fourth-order valence-electron chi connectivity index (χ4n) is 4.91. The molecular formula is C30H29N3O3S. The Balaban J connectivity index is 1.68. The van der Waals surface area contributed by atoms with Crippen LogP contribution in [0.3, 0.4) is 0 Å². The maximum atomic E-state index is 13.8. The summed E-state index contributed by atoms with van der Waals surface area (Å²) in [5.41, 5.74) is 7.02. The Morgan fingerprint density at radius 3 is 2.43 bits per heavy atom. The van der Waals surface area contributed by atoms with Gasteiger partial charge in [0.2, 0.25) is 0 Å². The summed E-state index contributed by atoms with van der Waals surface area (Å²) in [5, 5.41) is 0. The van der Waals surface area contributed by atoms with E-state index in [1.54, 1.807) is 18.4 Å². The first-order valence-electron chi connectivity index (χ1n) is 12.3. The molecule has 3 heterocycles. The van der Waals surface area contributed by atoms with Crippen LogP contribution in [0, 0.1) is 20.8 Å². The van der Waals surface area contributed by atoms with Gasteiger partial charge >= 0.3 is 5.97 Å². The zero-order valence-electron chi connectivity index (χ0n) is 21.6. The number of nitrogens with zero attached hydrogens (tertiary/aromatic N) is 3. The first-order chi connectivity index (χ1) is 17.8. The normalized spacial score (nSPS) is 15.5. The molecule has 0 amide bonds. The van der Waals surface area contributed by atoms with Gasteiger partial charge in [0.15, 0.2) is 4.80 Å². The topological polar surface area (TPSA) is 65.6 Å². The average Bonchev–Trinajstić information content (AvgIpc) is 3.33. The lowest BCUT2D eigenvalue weighted by Crippen LogP contribution is -2.39. The molecule has 0 bridgehead atoms. The number of rotatable bonds is 5. The summed E-state index contributed by atoms with van der Waals surface area (Å²) in [6.45, 7) is 10.0. The fraction of sp³-hybridized carbons (Fsp3) is 0.233. The number of fused-ring (bicyclic) bond motifs is 1. The van der Waals surface area contributed by atoms with E-state index in [1.807, 2.05) is 36.4 Å². The van der Waals surface area contributed by atoms with Crippen LogP contribution in [-0.2, 0) is 9.53 Å². The molecule has 37 heavy (non-hydrogen) atoms. The summed E-state index contributed by atoms with van der Waals surface area (Å²) in [4.78, 5) is 32.1. The average molecular weight is 512 g/mol. The summed E-state index contributed by atoms with van der Waals surface area (Å²) in [5.74, 6) is -0.450. The van der Waals surface area contributed by atoms with E-state index in [-0.39, 0.29) is 12.2 Å². The molecule has 5 rings (SSSR count). The number of aromatic nitrogens is 2. The summed E-state index contributed by atoms with van der Waals surface area (Å²) in [6, 6.07) is 19.5. The van der Waals surface area contributed by atoms with E-state index < -0.39 is 12.0 Å². The van der Waals surface area contributed by atoms with Crippen LogP contribution in [0.4, 0.5) is 0 Å². The van der Waals surface area contributed by atoms with E-state index >= 15 is 0 Å². The summed E-state index contributed by atoms with van der Waals surface area (Å²) >= 11 is 1.34. The number of hydrogen-bond acceptors (Lipinski definition) is 5. The van der Waals surface area contributed by atoms with Crippen molar-refractivity contribution in [3.63, 3.8) is 0 Å². The molecule has 4 aromatic rings. The van der Waals surface area contributed by atoms with E-state index in [9.17, 15) is 9.59 Å². The maximum absolute atomic E-state index is 13.8. The predicted octanol–water partition coefficient (Wildman–Crippen LogP) is 4.51. The van der Waals surface area contributed by atoms with Crippen LogP contribution in [0.15, 0.2) is 81.7 Å². The molecule has 0 spiro atoms. The van der Waals surface area contributed by atoms with Crippen LogP contribution >= 0.6 is 11.3 Å². The molecule has 0 saturated heterocycles. The summed E-state index contributed by atoms with van der Waals surface area (Å²) < 4.78 is 9.76. The fourth-order valence-corrected chi connectivity index (χ4v) is 5.95. The van der Waals surface area contributed by atoms with E-state index in [2.05, 4.69) is 60.7 Å². The first kappa shape index (κ1) is 24.7. The van der Waals surface area contributed by atoms with Crippen LogP contribution in [0.5, 0.6) is 0 Å². The first-order valence-corrected chi connectivity index (χ1v) is 13.1. The van der Waals surface area contributed by atoms with Crippen molar-refractivity contribution >= 4 is 23.4 Å². The Bertz CT molecular complexity index is 1700. The van der Waals surface area contributed by atoms with E-state index in [0.717, 1.165) is 28.2 Å². The molecule has 1 aliphatic heterocycles. The second kappa shape index (κ2) is 9.82. The van der Waals surface area contributed by atoms with E-state index in [4.69, 9.17) is 4.74 Å². The third-order valence-corrected chi connectivity index (χ3v) is 7.66. The third kappa shape index (κ3) is 4.40. The van der Waals surface area contributed by atoms with Gasteiger partial charge in [-0.25, -0.2) is 9.79 Å². The standard InChI is InChI=1S/C30H29N3O3S/c1-6-36-29(35)26-20(4)31-30-33(27(26)22-10-8-7-9-11-22)28(34)25(37-30)17-23-16-19(3)32(21(23)5)24-14-12-18(2)13-15-24/h7-17,27H,6H2,1-5H3. The minimum absolute atomic E-state index is 0.174. The lowest BCUT2D eigenvalue weighted by Gasteiger charge is -2.24. The predicted molar refractivity (Wildman–Crippen MR) is 147 cm³/mol. The minimum Gasteiger partial charge on any atom is -0.463 e. The van der Waals surface area contributed by atoms with Crippen molar-refractivity contribution in [2.75, 3.05) is 6.61 Å². The molecule has 0 saturated carbocycles. The number of hydrogen-bond donors (Lipinski definition) is 0. The Kier molecular flexibility index (Phi) is 6.56. The van der Waals surface area contributed by atoms with Gasteiger partial charge in [0.25, 0.3) is 5.56 Å². The molecule has 0 N–H and O–H groups in total. The molecule has 2 aromatic carbocycles. The van der Waals surface area contributed by atoms with Crippen LogP contribution < -0.4 is 14.9 Å². The van der Waals surface area contributed by atoms with Gasteiger partial charge in [0.1, 0.15) is 0 Å². The molecule has 1 atom stereocenters. The van der Waals surface area contributed by atoms with E-state index in [1.165, 1.54) is 16.9 Å². The molecule has 7 heteroatoms. The number of carbonyl (C=O) groups excluding carboxylic acids is 1. The molecule has 2 aromatic heterocycles. The number of carbonyl (C=O) groups is 1. The molecule has 1 aliphatic rings. The Morgan fingerprint density at radius 2 is 1.76 bits per heavy atom. The Hall–Kier alpha value is -3.97. The van der Waals surface area contributed by atoms with Gasteiger partial charge in [0.05, 0.1) is 28.5 Å². The highest BCUT2D eigenvalue weighted by molar-refractivity contribution is 7.07. The number of benzene rings is 2. The van der Waals surface area contributed by atoms with E-state index in [0.29, 0.717) is 20.6 Å². The molecule has 0 radical (unpaired) electrons. The van der Waals surface area contributed by atoms with Crippen molar-refractivity contribution in [2.24, 2.45) is 4.99 Å². The van der Waals surface area contributed by atoms with Gasteiger partial charge in [-0.15, -0.1) is 0 Å². The minimum atomic E-state index is -0.598. The summed E-state index contributed by atoms with van der Waals surface area (Å²) in [6.07, 6.45) is 1.93. The van der Waals surface area contributed by atoms with Gasteiger partial charge in [-0.3, -0.25) is 9.36 Å². The number of allylic oxidation sites excluding steroid dienone is 1. The largest absolute Gasteiger partial charge is 0.463 e. The SMILES string of the molecule is CCOC(=O)C1=C(C)N=c2sc(=Cc3cc(C)n(-c4ccc(C)cc4)c3C)c(=O)n2C1c1ccccc1. The number of esters is 1. The van der Waals surface area contributed by atoms with Gasteiger partial charge in [-0.1, -0.05) is 59.4 Å². The molecule has 0 fully saturated rings. The van der Waals surface area contributed by atoms with Crippen LogP contribution in [0.25, 0.3) is 11.8 Å². The second-order valence-electron chi connectivity index (χ2n) is 9.21. The monoisotopic (exact) mass is 511 g/mol. The van der Waals surface area contributed by atoms with Crippen LogP contribution in [0.1, 0.15) is 48.0 Å². The molecule has 1 unspecified atom stereocenters. The highest BCUT2D eigenvalue weighted by atomic mass is 32.1. The number of aryl methyl sites for hydroxylation is 2. The Labute approximate surface area is 219 Å². The van der Waals surface area contributed by atoms with Gasteiger partial charge in [-0.05, 0) is 70.0 Å². The number of thiazole rings is 1. The van der Waals surface area contributed by atoms with Crippen molar-refractivity contribution in [1.29, 1.82) is 0 Å². The third-order valence-electron chi connectivity index (χ3n) is 6.68. The molecule has 188 valence electrons. The zero-order valence-corrected chi connectivity index (χ0v) is 22.4. The van der Waals surface area contributed by atoms with Gasteiger partial charge < -0.3 is 9.30 Å². The lowest BCUT2D eigenvalue weighted by molar-refractivity contribution is -0.139. The highest BCUT2D eigenvalue weighted by Gasteiger charge is 2.33. The highest BCUT2D eigenvalue weighted by Crippen LogP contribution is 2.30. The summed E-state index contributed by atoms with van der Waals surface area (Å²) in [7, 11) is 0. The Morgan fingerprint density at radius 1 is 1.05 bits per heavy atom. The molecule has 6 nitrogen and oxygen atoms in total. The van der Waals surface area contributed by atoms with Crippen LogP contribution in [0.2, 0.25) is 0 Å². The molecule has 0 aliphatic carbocycles. The quantitative estimate of drug-likeness (QED) is 0.370. The lowest BCUT2D eigenvalue weighted by atomic mass is 9.96. The second-order valence-corrected chi connectivity index (χ2v) is 10.2. The van der Waals surface area contributed by atoms with Gasteiger partial charge in [0, 0.05) is 17.1 Å². The molecular weight excluding hydrogens is 482 g/mol. The van der Waals surface area contributed by atoms with Crippen LogP contribution in [-0.4, -0.2) is 21.7 Å². The van der Waals surface area contributed by atoms with Crippen molar-refractivity contribution in [3.05, 3.63) is 120 Å². The van der Waals surface area contributed by atoms with Crippen molar-refractivity contribution in [1.82, 2.24) is 9.13 Å². The number of ether oxygens (including phenoxy) is 1. The zero-order chi connectivity index (χ0) is 26.3. The maximum Gasteiger partial charge on any atom is 0.338 e.